The van der Waals surface area contributed by atoms with Crippen molar-refractivity contribution in [3.63, 3.8) is 0 Å². The first kappa shape index (κ1) is 16.6. The summed E-state index contributed by atoms with van der Waals surface area (Å²) in [7, 11) is 0. The van der Waals surface area contributed by atoms with Crippen LogP contribution < -0.4 is 10.1 Å². The number of halogens is 3. The van der Waals surface area contributed by atoms with Gasteiger partial charge >= 0.3 is 0 Å². The zero-order valence-electron chi connectivity index (χ0n) is 11.8. The molecule has 1 atom stereocenters. The smallest absolute Gasteiger partial charge is 0.258 e. The molecule has 22 heavy (non-hydrogen) atoms. The van der Waals surface area contributed by atoms with Crippen LogP contribution in [-0.4, -0.2) is 12.5 Å². The van der Waals surface area contributed by atoms with Gasteiger partial charge in [-0.05, 0) is 36.8 Å². The highest BCUT2D eigenvalue weighted by Crippen LogP contribution is 2.25. The number of benzene rings is 2. The number of para-hydroxylation sites is 1. The van der Waals surface area contributed by atoms with E-state index in [1.54, 1.807) is 37.3 Å². The molecule has 2 aromatic carbocycles. The van der Waals surface area contributed by atoms with E-state index >= 15 is 0 Å². The number of carbonyl (C=O) groups is 1. The summed E-state index contributed by atoms with van der Waals surface area (Å²) < 4.78 is 18.5. The molecule has 2 rings (SSSR count). The van der Waals surface area contributed by atoms with Crippen LogP contribution in [0.5, 0.6) is 5.75 Å². The third kappa shape index (κ3) is 4.36. The zero-order chi connectivity index (χ0) is 16.1. The zero-order valence-corrected chi connectivity index (χ0v) is 13.3. The molecule has 0 saturated carbocycles. The van der Waals surface area contributed by atoms with Crippen LogP contribution in [-0.2, 0) is 4.79 Å². The van der Waals surface area contributed by atoms with Gasteiger partial charge < -0.3 is 10.1 Å². The highest BCUT2D eigenvalue weighted by molar-refractivity contribution is 6.42. The molecule has 0 radical (unpaired) electrons. The number of ether oxygens (including phenoxy) is 1. The number of rotatable bonds is 5. The SMILES string of the molecule is CC(NC(=O)COc1ccccc1F)c1ccc(Cl)c(Cl)c1. The summed E-state index contributed by atoms with van der Waals surface area (Å²) in [6, 6.07) is 10.8. The first-order chi connectivity index (χ1) is 10.5. The standard InChI is InChI=1S/C16H14Cl2FNO2/c1-10(11-6-7-12(17)13(18)8-11)20-16(21)9-22-15-5-3-2-4-14(15)19/h2-8,10H,9H2,1H3,(H,20,21). The number of carbonyl (C=O) groups excluding carboxylic acids is 1. The molecule has 1 N–H and O–H groups in total. The van der Waals surface area contributed by atoms with Crippen molar-refractivity contribution < 1.29 is 13.9 Å². The molecule has 0 aliphatic carbocycles. The van der Waals surface area contributed by atoms with E-state index in [9.17, 15) is 9.18 Å². The van der Waals surface area contributed by atoms with Crippen LogP contribution in [0, 0.1) is 5.82 Å². The molecule has 0 spiro atoms. The second-order valence-electron chi connectivity index (χ2n) is 4.68. The summed E-state index contributed by atoms with van der Waals surface area (Å²) in [5.41, 5.74) is 0.814. The highest BCUT2D eigenvalue weighted by Gasteiger charge is 2.12. The van der Waals surface area contributed by atoms with Crippen molar-refractivity contribution in [1.29, 1.82) is 0 Å². The maximum absolute atomic E-state index is 13.4. The van der Waals surface area contributed by atoms with E-state index in [0.29, 0.717) is 10.0 Å². The van der Waals surface area contributed by atoms with E-state index in [1.807, 2.05) is 0 Å². The summed E-state index contributed by atoms with van der Waals surface area (Å²) >= 11 is 11.8. The van der Waals surface area contributed by atoms with Crippen LogP contribution in [0.4, 0.5) is 4.39 Å². The maximum atomic E-state index is 13.4. The second-order valence-corrected chi connectivity index (χ2v) is 5.50. The number of nitrogens with one attached hydrogen (secondary N) is 1. The van der Waals surface area contributed by atoms with Gasteiger partial charge in [0.1, 0.15) is 0 Å². The van der Waals surface area contributed by atoms with Gasteiger partial charge in [-0.2, -0.15) is 0 Å². The predicted molar refractivity (Wildman–Crippen MR) is 84.9 cm³/mol. The summed E-state index contributed by atoms with van der Waals surface area (Å²) in [5.74, 6) is -0.825. The maximum Gasteiger partial charge on any atom is 0.258 e. The molecule has 0 saturated heterocycles. The predicted octanol–water partition coefficient (Wildman–Crippen LogP) is 4.39. The Balaban J connectivity index is 1.91. The van der Waals surface area contributed by atoms with Crippen LogP contribution in [0.2, 0.25) is 10.0 Å². The molecule has 0 bridgehead atoms. The third-order valence-electron chi connectivity index (χ3n) is 3.02. The van der Waals surface area contributed by atoms with Gasteiger partial charge in [-0.25, -0.2) is 4.39 Å². The van der Waals surface area contributed by atoms with Gasteiger partial charge in [0, 0.05) is 0 Å². The van der Waals surface area contributed by atoms with E-state index in [2.05, 4.69) is 5.32 Å². The number of hydrogen-bond donors (Lipinski definition) is 1. The topological polar surface area (TPSA) is 38.3 Å². The van der Waals surface area contributed by atoms with Crippen molar-refractivity contribution in [1.82, 2.24) is 5.32 Å². The molecule has 116 valence electrons. The van der Waals surface area contributed by atoms with Crippen molar-refractivity contribution in [2.24, 2.45) is 0 Å². The summed E-state index contributed by atoms with van der Waals surface area (Å²) in [5, 5.41) is 3.61. The molecular weight excluding hydrogens is 328 g/mol. The van der Waals surface area contributed by atoms with Crippen molar-refractivity contribution >= 4 is 29.1 Å². The fourth-order valence-electron chi connectivity index (χ4n) is 1.85. The fourth-order valence-corrected chi connectivity index (χ4v) is 2.16. The Labute approximate surface area is 138 Å². The van der Waals surface area contributed by atoms with Gasteiger partial charge in [0.15, 0.2) is 18.2 Å². The minimum Gasteiger partial charge on any atom is -0.481 e. The average molecular weight is 342 g/mol. The Morgan fingerprint density at radius 1 is 1.23 bits per heavy atom. The Kier molecular flexibility index (Phi) is 5.63. The average Bonchev–Trinajstić information content (AvgIpc) is 2.49. The first-order valence-electron chi connectivity index (χ1n) is 6.59. The molecule has 0 aromatic heterocycles. The van der Waals surface area contributed by atoms with Crippen molar-refractivity contribution in [2.45, 2.75) is 13.0 Å². The Morgan fingerprint density at radius 2 is 1.95 bits per heavy atom. The van der Waals surface area contributed by atoms with Crippen LogP contribution >= 0.6 is 23.2 Å². The lowest BCUT2D eigenvalue weighted by Gasteiger charge is -2.15. The minimum absolute atomic E-state index is 0.0415. The lowest BCUT2D eigenvalue weighted by atomic mass is 10.1. The molecule has 0 heterocycles. The Morgan fingerprint density at radius 3 is 2.64 bits per heavy atom. The normalized spacial score (nSPS) is 11.8. The third-order valence-corrected chi connectivity index (χ3v) is 3.76. The lowest BCUT2D eigenvalue weighted by Crippen LogP contribution is -2.31. The largest absolute Gasteiger partial charge is 0.481 e. The van der Waals surface area contributed by atoms with Gasteiger partial charge in [0.05, 0.1) is 16.1 Å². The van der Waals surface area contributed by atoms with Gasteiger partial charge in [0.25, 0.3) is 5.91 Å². The van der Waals surface area contributed by atoms with Crippen molar-refractivity contribution in [2.75, 3.05) is 6.61 Å². The van der Waals surface area contributed by atoms with E-state index in [-0.39, 0.29) is 24.3 Å². The molecule has 6 heteroatoms. The van der Waals surface area contributed by atoms with E-state index in [0.717, 1.165) is 5.56 Å². The van der Waals surface area contributed by atoms with Crippen LogP contribution in [0.3, 0.4) is 0 Å². The molecule has 1 unspecified atom stereocenters. The monoisotopic (exact) mass is 341 g/mol. The quantitative estimate of drug-likeness (QED) is 0.875. The molecule has 0 aliphatic heterocycles. The first-order valence-corrected chi connectivity index (χ1v) is 7.34. The lowest BCUT2D eigenvalue weighted by molar-refractivity contribution is -0.123. The van der Waals surface area contributed by atoms with E-state index in [4.69, 9.17) is 27.9 Å². The van der Waals surface area contributed by atoms with Gasteiger partial charge in [0.2, 0.25) is 0 Å². The molecule has 1 amide bonds. The summed E-state index contributed by atoms with van der Waals surface area (Å²) in [4.78, 5) is 11.8. The summed E-state index contributed by atoms with van der Waals surface area (Å²) in [6.45, 7) is 1.53. The van der Waals surface area contributed by atoms with Gasteiger partial charge in [-0.1, -0.05) is 41.4 Å². The van der Waals surface area contributed by atoms with Crippen LogP contribution in [0.15, 0.2) is 42.5 Å². The van der Waals surface area contributed by atoms with Crippen molar-refractivity contribution in [3.8, 4) is 5.75 Å². The summed E-state index contributed by atoms with van der Waals surface area (Å²) in [6.07, 6.45) is 0. The van der Waals surface area contributed by atoms with Crippen molar-refractivity contribution in [3.05, 3.63) is 63.9 Å². The molecular formula is C16H14Cl2FNO2. The highest BCUT2D eigenvalue weighted by atomic mass is 35.5. The molecule has 3 nitrogen and oxygen atoms in total. The number of amides is 1. The second kappa shape index (κ2) is 7.47. The van der Waals surface area contributed by atoms with E-state index in [1.165, 1.54) is 12.1 Å². The molecule has 0 aliphatic rings. The van der Waals surface area contributed by atoms with Crippen LogP contribution in [0.25, 0.3) is 0 Å². The Hall–Kier alpha value is -1.78. The van der Waals surface area contributed by atoms with Gasteiger partial charge in [-0.3, -0.25) is 4.79 Å². The fraction of sp³-hybridized carbons (Fsp3) is 0.188. The van der Waals surface area contributed by atoms with Gasteiger partial charge in [-0.15, -0.1) is 0 Å². The Bertz CT molecular complexity index is 679. The molecule has 2 aromatic rings. The van der Waals surface area contributed by atoms with Crippen LogP contribution in [0.1, 0.15) is 18.5 Å². The molecule has 0 fully saturated rings. The minimum atomic E-state index is -0.507. The van der Waals surface area contributed by atoms with E-state index < -0.39 is 5.82 Å². The number of hydrogen-bond acceptors (Lipinski definition) is 2.